The maximum Gasteiger partial charge on any atom is 0.253 e. The Labute approximate surface area is 199 Å². The summed E-state index contributed by atoms with van der Waals surface area (Å²) in [6.07, 6.45) is 1.67. The van der Waals surface area contributed by atoms with Crippen LogP contribution >= 0.6 is 11.6 Å². The van der Waals surface area contributed by atoms with Crippen LogP contribution < -0.4 is 10.1 Å². The average Bonchev–Trinajstić information content (AvgIpc) is 3.39. The molecule has 172 valence electrons. The molecule has 0 aromatic heterocycles. The van der Waals surface area contributed by atoms with Crippen LogP contribution in [0.25, 0.3) is 0 Å². The fourth-order valence-corrected chi connectivity index (χ4v) is 5.67. The fourth-order valence-electron chi connectivity index (χ4n) is 3.93. The summed E-state index contributed by atoms with van der Waals surface area (Å²) in [5.74, 6) is 0.253. The van der Waals surface area contributed by atoms with Gasteiger partial charge in [-0.3, -0.25) is 4.79 Å². The second-order valence-electron chi connectivity index (χ2n) is 7.84. The zero-order valence-corrected chi connectivity index (χ0v) is 19.8. The van der Waals surface area contributed by atoms with E-state index in [2.05, 4.69) is 5.32 Å². The number of rotatable bonds is 7. The van der Waals surface area contributed by atoms with Gasteiger partial charge in [0.2, 0.25) is 10.0 Å². The Morgan fingerprint density at radius 3 is 2.24 bits per heavy atom. The van der Waals surface area contributed by atoms with Gasteiger partial charge in [-0.2, -0.15) is 4.31 Å². The topological polar surface area (TPSA) is 75.7 Å². The summed E-state index contributed by atoms with van der Waals surface area (Å²) in [7, 11) is -2.08. The lowest BCUT2D eigenvalue weighted by atomic mass is 9.98. The first kappa shape index (κ1) is 23.3. The van der Waals surface area contributed by atoms with Crippen LogP contribution in [0.15, 0.2) is 77.7 Å². The summed E-state index contributed by atoms with van der Waals surface area (Å²) in [6, 6.07) is 20.8. The van der Waals surface area contributed by atoms with Crippen molar-refractivity contribution in [1.82, 2.24) is 9.62 Å². The molecule has 0 spiro atoms. The van der Waals surface area contributed by atoms with E-state index in [4.69, 9.17) is 16.3 Å². The number of nitrogens with one attached hydrogen (secondary N) is 1. The van der Waals surface area contributed by atoms with Gasteiger partial charge in [0.1, 0.15) is 5.75 Å². The molecule has 1 heterocycles. The summed E-state index contributed by atoms with van der Waals surface area (Å²) in [6.45, 7) is 0.972. The standard InChI is InChI=1S/C25H25ClN2O4S/c1-32-20-11-9-19(10-12-20)24(18-7-3-2-4-8-18)27-25(29)22-17-21(13-14-23(22)26)33(30,31)28-15-5-6-16-28/h2-4,7-14,17,24H,5-6,15-16H2,1H3,(H,27,29). The minimum Gasteiger partial charge on any atom is -0.497 e. The van der Waals surface area contributed by atoms with Gasteiger partial charge in [0.05, 0.1) is 28.6 Å². The summed E-state index contributed by atoms with van der Waals surface area (Å²) in [4.78, 5) is 13.4. The molecule has 4 rings (SSSR count). The third-order valence-electron chi connectivity index (χ3n) is 5.74. The van der Waals surface area contributed by atoms with Gasteiger partial charge in [-0.15, -0.1) is 0 Å². The molecule has 0 bridgehead atoms. The van der Waals surface area contributed by atoms with E-state index in [0.717, 1.165) is 24.0 Å². The second-order valence-corrected chi connectivity index (χ2v) is 10.2. The molecule has 3 aromatic carbocycles. The number of halogens is 1. The molecule has 1 N–H and O–H groups in total. The highest BCUT2D eigenvalue weighted by atomic mass is 35.5. The van der Waals surface area contributed by atoms with E-state index < -0.39 is 22.0 Å². The molecule has 1 aliphatic rings. The predicted molar refractivity (Wildman–Crippen MR) is 128 cm³/mol. The molecule has 1 saturated heterocycles. The monoisotopic (exact) mass is 484 g/mol. The van der Waals surface area contributed by atoms with Crippen LogP contribution in [0.2, 0.25) is 5.02 Å². The highest BCUT2D eigenvalue weighted by Gasteiger charge is 2.29. The third-order valence-corrected chi connectivity index (χ3v) is 7.97. The van der Waals surface area contributed by atoms with Crippen LogP contribution in [0.4, 0.5) is 0 Å². The minimum absolute atomic E-state index is 0.0691. The molecule has 8 heteroatoms. The van der Waals surface area contributed by atoms with Gasteiger partial charge in [0.15, 0.2) is 0 Å². The maximum absolute atomic E-state index is 13.3. The molecule has 1 atom stereocenters. The van der Waals surface area contributed by atoms with Crippen LogP contribution in [0.5, 0.6) is 5.75 Å². The number of benzene rings is 3. The molecule has 3 aromatic rings. The van der Waals surface area contributed by atoms with Crippen molar-refractivity contribution in [2.75, 3.05) is 20.2 Å². The van der Waals surface area contributed by atoms with E-state index in [-0.39, 0.29) is 15.5 Å². The van der Waals surface area contributed by atoms with E-state index in [1.807, 2.05) is 54.6 Å². The van der Waals surface area contributed by atoms with Crippen LogP contribution in [0, 0.1) is 0 Å². The molecule has 33 heavy (non-hydrogen) atoms. The molecule has 0 radical (unpaired) electrons. The van der Waals surface area contributed by atoms with Gasteiger partial charge in [0.25, 0.3) is 5.91 Å². The van der Waals surface area contributed by atoms with E-state index in [1.165, 1.54) is 22.5 Å². The molecular formula is C25H25ClN2O4S. The van der Waals surface area contributed by atoms with Crippen LogP contribution in [-0.4, -0.2) is 38.8 Å². The Bertz CT molecular complexity index is 1230. The normalized spacial score (nSPS) is 15.2. The van der Waals surface area contributed by atoms with Crippen molar-refractivity contribution < 1.29 is 17.9 Å². The Morgan fingerprint density at radius 1 is 0.970 bits per heavy atom. The first-order valence-corrected chi connectivity index (χ1v) is 12.5. The van der Waals surface area contributed by atoms with Crippen molar-refractivity contribution in [2.24, 2.45) is 0 Å². The van der Waals surface area contributed by atoms with Crippen LogP contribution in [-0.2, 0) is 10.0 Å². The number of nitrogens with zero attached hydrogens (tertiary/aromatic N) is 1. The smallest absolute Gasteiger partial charge is 0.253 e. The van der Waals surface area contributed by atoms with Crippen molar-refractivity contribution in [3.05, 3.63) is 94.5 Å². The molecule has 6 nitrogen and oxygen atoms in total. The molecule has 0 saturated carbocycles. The maximum atomic E-state index is 13.3. The van der Waals surface area contributed by atoms with E-state index >= 15 is 0 Å². The molecule has 1 fully saturated rings. The highest BCUT2D eigenvalue weighted by molar-refractivity contribution is 7.89. The SMILES string of the molecule is COc1ccc(C(NC(=O)c2cc(S(=O)(=O)N3CCCC3)ccc2Cl)c2ccccc2)cc1. The fraction of sp³-hybridized carbons (Fsp3) is 0.240. The summed E-state index contributed by atoms with van der Waals surface area (Å²) in [5.41, 5.74) is 1.85. The van der Waals surface area contributed by atoms with Crippen molar-refractivity contribution in [2.45, 2.75) is 23.8 Å². The first-order chi connectivity index (χ1) is 15.9. The molecular weight excluding hydrogens is 460 g/mol. The first-order valence-electron chi connectivity index (χ1n) is 10.7. The summed E-state index contributed by atoms with van der Waals surface area (Å²) >= 11 is 6.33. The zero-order valence-electron chi connectivity index (χ0n) is 18.2. The lowest BCUT2D eigenvalue weighted by molar-refractivity contribution is 0.0943. The minimum atomic E-state index is -3.67. The second kappa shape index (κ2) is 9.95. The van der Waals surface area contributed by atoms with E-state index in [9.17, 15) is 13.2 Å². The molecule has 1 amide bonds. The van der Waals surface area contributed by atoms with Crippen LogP contribution in [0.1, 0.15) is 40.4 Å². The Balaban J connectivity index is 1.66. The average molecular weight is 485 g/mol. The predicted octanol–water partition coefficient (Wildman–Crippen LogP) is 4.65. The van der Waals surface area contributed by atoms with Crippen molar-refractivity contribution >= 4 is 27.5 Å². The van der Waals surface area contributed by atoms with Gasteiger partial charge in [0, 0.05) is 13.1 Å². The quantitative estimate of drug-likeness (QED) is 0.529. The van der Waals surface area contributed by atoms with Gasteiger partial charge in [-0.25, -0.2) is 8.42 Å². The van der Waals surface area contributed by atoms with Gasteiger partial charge >= 0.3 is 0 Å². The molecule has 1 unspecified atom stereocenters. The number of sulfonamides is 1. The van der Waals surface area contributed by atoms with Crippen molar-refractivity contribution in [3.8, 4) is 5.75 Å². The lowest BCUT2D eigenvalue weighted by Gasteiger charge is -2.21. The Kier molecular flexibility index (Phi) is 7.02. The highest BCUT2D eigenvalue weighted by Crippen LogP contribution is 2.28. The Morgan fingerprint density at radius 2 is 1.61 bits per heavy atom. The van der Waals surface area contributed by atoms with Crippen LogP contribution in [0.3, 0.4) is 0 Å². The zero-order chi connectivity index (χ0) is 23.4. The molecule has 0 aliphatic carbocycles. The number of carbonyl (C=O) groups is 1. The summed E-state index contributed by atoms with van der Waals surface area (Å²) in [5, 5.41) is 3.21. The van der Waals surface area contributed by atoms with Gasteiger partial charge < -0.3 is 10.1 Å². The summed E-state index contributed by atoms with van der Waals surface area (Å²) < 4.78 is 32.7. The van der Waals surface area contributed by atoms with E-state index in [1.54, 1.807) is 7.11 Å². The number of ether oxygens (including phenoxy) is 1. The number of amides is 1. The van der Waals surface area contributed by atoms with Crippen molar-refractivity contribution in [3.63, 3.8) is 0 Å². The van der Waals surface area contributed by atoms with Crippen molar-refractivity contribution in [1.29, 1.82) is 0 Å². The largest absolute Gasteiger partial charge is 0.497 e. The molecule has 1 aliphatic heterocycles. The number of hydrogen-bond acceptors (Lipinski definition) is 4. The van der Waals surface area contributed by atoms with Gasteiger partial charge in [-0.1, -0.05) is 54.1 Å². The number of methoxy groups -OCH3 is 1. The number of hydrogen-bond donors (Lipinski definition) is 1. The van der Waals surface area contributed by atoms with E-state index in [0.29, 0.717) is 18.8 Å². The lowest BCUT2D eigenvalue weighted by Crippen LogP contribution is -2.31. The number of carbonyl (C=O) groups excluding carboxylic acids is 1. The van der Waals surface area contributed by atoms with Gasteiger partial charge in [-0.05, 0) is 54.3 Å². The Hall–Kier alpha value is -2.87. The third kappa shape index (κ3) is 5.05.